The van der Waals surface area contributed by atoms with Crippen LogP contribution < -0.4 is 46.9 Å². The normalized spacial score (nSPS) is 13.8. The molecule has 0 fully saturated rings. The Labute approximate surface area is 408 Å². The first kappa shape index (κ1) is 45.4. The van der Waals surface area contributed by atoms with Crippen molar-refractivity contribution in [1.82, 2.24) is 0 Å². The Bertz CT molecular complexity index is 2890. The first-order valence-electron chi connectivity index (χ1n) is 24.7. The minimum Gasteiger partial charge on any atom is -0.311 e. The molecule has 0 saturated heterocycles. The molecule has 0 spiro atoms. The Balaban J connectivity index is 1.40. The Kier molecular flexibility index (Phi) is 11.0. The van der Waals surface area contributed by atoms with Gasteiger partial charge in [0.25, 0.3) is 6.71 Å². The minimum absolute atomic E-state index is 0.0138. The van der Waals surface area contributed by atoms with E-state index in [0.717, 1.165) is 0 Å². The maximum atomic E-state index is 2.63. The van der Waals surface area contributed by atoms with Gasteiger partial charge in [0, 0.05) is 34.1 Å². The van der Waals surface area contributed by atoms with Crippen LogP contribution in [0.25, 0.3) is 0 Å². The van der Waals surface area contributed by atoms with E-state index < -0.39 is 8.07 Å². The largest absolute Gasteiger partial charge is 0.311 e. The summed E-state index contributed by atoms with van der Waals surface area (Å²) in [6.45, 7) is 27.9. The van der Waals surface area contributed by atoms with E-state index in [1.54, 1.807) is 0 Å². The molecule has 2 aliphatic heterocycles. The first-order chi connectivity index (χ1) is 32.3. The van der Waals surface area contributed by atoms with Crippen LogP contribution in [-0.4, -0.2) is 14.8 Å². The fourth-order valence-electron chi connectivity index (χ4n) is 11.0. The third-order valence-electron chi connectivity index (χ3n) is 14.8. The number of anilines is 6. The van der Waals surface area contributed by atoms with Crippen LogP contribution in [0.3, 0.4) is 0 Å². The van der Waals surface area contributed by atoms with E-state index >= 15 is 0 Å². The van der Waals surface area contributed by atoms with Crippen molar-refractivity contribution in [2.45, 2.75) is 105 Å². The Morgan fingerprint density at radius 1 is 0.309 bits per heavy atom. The average molecular weight is 903 g/mol. The lowest BCUT2D eigenvalue weighted by Crippen LogP contribution is -2.75. The highest BCUT2D eigenvalue weighted by molar-refractivity contribution is 7.20. The predicted octanol–water partition coefficient (Wildman–Crippen LogP) is 12.3. The van der Waals surface area contributed by atoms with Crippen LogP contribution in [0, 0.1) is 0 Å². The van der Waals surface area contributed by atoms with E-state index in [4.69, 9.17) is 0 Å². The molecule has 0 unspecified atom stereocenters. The molecule has 0 atom stereocenters. The summed E-state index contributed by atoms with van der Waals surface area (Å²) in [4.78, 5) is 5.24. The van der Waals surface area contributed by atoms with Gasteiger partial charge in [-0.05, 0) is 130 Å². The number of rotatable bonds is 6. The SMILES string of the molecule is CC(C)(C)c1ccc(N2c3ccc(C(C)(C)C)cc3B3c4cc(C(C)(C)C)ccc4N(c4ccc(C(C)(C)C)cc4)c4cc([Si](c5ccccc5)(c5ccccc5)c5ccccc5)cc2c43)cc1. The minimum atomic E-state index is -3.04. The molecule has 0 amide bonds. The summed E-state index contributed by atoms with van der Waals surface area (Å²) in [5.41, 5.74) is 16.7. The second-order valence-electron chi connectivity index (χ2n) is 23.5. The van der Waals surface area contributed by atoms with E-state index in [1.807, 2.05) is 0 Å². The molecule has 8 aromatic carbocycles. The number of hydrogen-bond acceptors (Lipinski definition) is 2. The van der Waals surface area contributed by atoms with Crippen molar-refractivity contribution in [3.8, 4) is 0 Å². The molecule has 8 aromatic rings. The zero-order valence-corrected chi connectivity index (χ0v) is 43.4. The van der Waals surface area contributed by atoms with E-state index in [-0.39, 0.29) is 28.4 Å². The van der Waals surface area contributed by atoms with Crippen LogP contribution in [0.5, 0.6) is 0 Å². The zero-order chi connectivity index (χ0) is 48.0. The van der Waals surface area contributed by atoms with Crippen LogP contribution in [0.1, 0.15) is 105 Å². The van der Waals surface area contributed by atoms with Crippen LogP contribution >= 0.6 is 0 Å². The van der Waals surface area contributed by atoms with Crippen LogP contribution in [0.15, 0.2) is 188 Å². The van der Waals surface area contributed by atoms with Crippen LogP contribution in [0.2, 0.25) is 0 Å². The van der Waals surface area contributed by atoms with Crippen molar-refractivity contribution in [3.63, 3.8) is 0 Å². The van der Waals surface area contributed by atoms with Gasteiger partial charge >= 0.3 is 0 Å². The summed E-state index contributed by atoms with van der Waals surface area (Å²) >= 11 is 0. The maximum absolute atomic E-state index is 3.04. The van der Waals surface area contributed by atoms with Crippen molar-refractivity contribution in [3.05, 3.63) is 210 Å². The van der Waals surface area contributed by atoms with Crippen molar-refractivity contribution in [2.75, 3.05) is 9.80 Å². The monoisotopic (exact) mass is 903 g/mol. The Morgan fingerprint density at radius 2 is 0.618 bits per heavy atom. The molecule has 0 aliphatic carbocycles. The molecule has 2 aliphatic rings. The summed E-state index contributed by atoms with van der Waals surface area (Å²) in [5.74, 6) is 0. The van der Waals surface area contributed by atoms with Crippen LogP contribution in [0.4, 0.5) is 34.1 Å². The lowest BCUT2D eigenvalue weighted by Gasteiger charge is -2.46. The predicted molar refractivity (Wildman–Crippen MR) is 299 cm³/mol. The van der Waals surface area contributed by atoms with Gasteiger partial charge in [0.2, 0.25) is 0 Å². The van der Waals surface area contributed by atoms with E-state index in [2.05, 4.69) is 281 Å². The molecule has 0 saturated carbocycles. The molecule has 0 aromatic heterocycles. The molecular formula is C64H67BN2Si. The van der Waals surface area contributed by atoms with Gasteiger partial charge in [0.1, 0.15) is 0 Å². The molecule has 0 radical (unpaired) electrons. The third-order valence-corrected chi connectivity index (χ3v) is 19.6. The second kappa shape index (κ2) is 16.4. The van der Waals surface area contributed by atoms with Gasteiger partial charge in [-0.15, -0.1) is 0 Å². The molecular weight excluding hydrogens is 836 g/mol. The van der Waals surface area contributed by atoms with Gasteiger partial charge in [-0.2, -0.15) is 0 Å². The average Bonchev–Trinajstić information content (AvgIpc) is 3.31. The molecule has 0 N–H and O–H groups in total. The van der Waals surface area contributed by atoms with Gasteiger partial charge in [-0.3, -0.25) is 0 Å². The molecule has 2 nitrogen and oxygen atoms in total. The number of hydrogen-bond donors (Lipinski definition) is 0. The summed E-state index contributed by atoms with van der Waals surface area (Å²) in [6, 6.07) is 73.1. The van der Waals surface area contributed by atoms with E-state index in [1.165, 1.54) is 93.5 Å². The maximum Gasteiger partial charge on any atom is 0.252 e. The van der Waals surface area contributed by atoms with Crippen LogP contribution in [-0.2, 0) is 21.7 Å². The van der Waals surface area contributed by atoms with E-state index in [9.17, 15) is 0 Å². The Hall–Kier alpha value is -6.36. The lowest BCUT2D eigenvalue weighted by atomic mass is 9.33. The fraction of sp³-hybridized carbons (Fsp3) is 0.250. The van der Waals surface area contributed by atoms with Crippen molar-refractivity contribution >= 4 is 86.0 Å². The van der Waals surface area contributed by atoms with Crippen molar-refractivity contribution in [2.24, 2.45) is 0 Å². The summed E-state index contributed by atoms with van der Waals surface area (Å²) in [7, 11) is -3.04. The second-order valence-corrected chi connectivity index (χ2v) is 27.3. The molecule has 10 rings (SSSR count). The molecule has 340 valence electrons. The molecule has 68 heavy (non-hydrogen) atoms. The van der Waals surface area contributed by atoms with Gasteiger partial charge in [-0.1, -0.05) is 223 Å². The fourth-order valence-corrected chi connectivity index (χ4v) is 15.8. The van der Waals surface area contributed by atoms with Crippen molar-refractivity contribution in [1.29, 1.82) is 0 Å². The quantitative estimate of drug-likeness (QED) is 0.121. The highest BCUT2D eigenvalue weighted by Crippen LogP contribution is 2.45. The number of fused-ring (bicyclic) bond motifs is 4. The summed E-state index contributed by atoms with van der Waals surface area (Å²) < 4.78 is 0. The van der Waals surface area contributed by atoms with Gasteiger partial charge in [-0.25, -0.2) is 0 Å². The highest BCUT2D eigenvalue weighted by atomic mass is 28.3. The third kappa shape index (κ3) is 7.66. The van der Waals surface area contributed by atoms with Gasteiger partial charge in [0.05, 0.1) is 0 Å². The summed E-state index contributed by atoms with van der Waals surface area (Å²) in [6.07, 6.45) is 0. The topological polar surface area (TPSA) is 6.48 Å². The van der Waals surface area contributed by atoms with Gasteiger partial charge in [0.15, 0.2) is 8.07 Å². The van der Waals surface area contributed by atoms with E-state index in [0.29, 0.717) is 0 Å². The lowest BCUT2D eigenvalue weighted by molar-refractivity contribution is 0.590. The molecule has 4 heteroatoms. The number of benzene rings is 8. The summed E-state index contributed by atoms with van der Waals surface area (Å²) in [5, 5.41) is 5.44. The standard InChI is InChI=1S/C64H67BN2Si/c1-61(2,3)44-28-34-48(35-29-44)66-56-38-32-46(63(7,8)9)40-54(56)65-55-41-47(64(10,11)12)33-39-57(55)67(49-36-30-45(31-37-49)62(4,5)6)59-43-53(42-58(66)60(59)65)68(50-22-16-13-17-23-50,51-24-18-14-19-25-51)52-26-20-15-21-27-52/h13-43H,1-12H3. The first-order valence-corrected chi connectivity index (χ1v) is 26.7. The zero-order valence-electron chi connectivity index (χ0n) is 42.4. The van der Waals surface area contributed by atoms with Crippen molar-refractivity contribution < 1.29 is 0 Å². The Morgan fingerprint density at radius 3 is 0.926 bits per heavy atom. The number of nitrogens with zero attached hydrogens (tertiary/aromatic N) is 2. The highest BCUT2D eigenvalue weighted by Gasteiger charge is 2.48. The molecule has 0 bridgehead atoms. The molecule has 2 heterocycles. The smallest absolute Gasteiger partial charge is 0.252 e. The van der Waals surface area contributed by atoms with Gasteiger partial charge < -0.3 is 9.80 Å².